The van der Waals surface area contributed by atoms with E-state index in [-0.39, 0.29) is 29.8 Å². The molecule has 1 saturated carbocycles. The van der Waals surface area contributed by atoms with Crippen molar-refractivity contribution in [3.63, 3.8) is 0 Å². The number of ether oxygens (including phenoxy) is 3. The molecule has 1 saturated heterocycles. The molecule has 0 bridgehead atoms. The highest BCUT2D eigenvalue weighted by Crippen LogP contribution is 2.42. The summed E-state index contributed by atoms with van der Waals surface area (Å²) in [6.07, 6.45) is 8.31. The molecule has 0 unspecified atom stereocenters. The van der Waals surface area contributed by atoms with Crippen LogP contribution in [0.25, 0.3) is 10.9 Å². The number of halogens is 2. The Kier molecular flexibility index (Phi) is 17.8. The molecule has 21 heteroatoms. The number of hydrogen-bond donors (Lipinski definition) is 6. The van der Waals surface area contributed by atoms with Gasteiger partial charge in [0.25, 0.3) is 11.8 Å². The molecule has 4 aromatic rings. The predicted molar refractivity (Wildman–Crippen MR) is 263 cm³/mol. The van der Waals surface area contributed by atoms with Gasteiger partial charge in [-0.25, -0.2) is 19.2 Å². The van der Waals surface area contributed by atoms with Gasteiger partial charge in [0.2, 0.25) is 17.7 Å². The summed E-state index contributed by atoms with van der Waals surface area (Å²) in [4.78, 5) is 86.2. The van der Waals surface area contributed by atoms with E-state index in [4.69, 9.17) is 31.5 Å². The van der Waals surface area contributed by atoms with Gasteiger partial charge in [0, 0.05) is 66.6 Å². The van der Waals surface area contributed by atoms with Crippen LogP contribution in [0.5, 0.6) is 11.5 Å². The van der Waals surface area contributed by atoms with Crippen molar-refractivity contribution in [3.8, 4) is 11.5 Å². The Bertz CT molecular complexity index is 2590. The topological polar surface area (TPSA) is 245 Å². The molecule has 378 valence electrons. The van der Waals surface area contributed by atoms with Crippen LogP contribution in [0.15, 0.2) is 73.1 Å². The molecule has 0 spiro atoms. The van der Waals surface area contributed by atoms with Gasteiger partial charge in [-0.1, -0.05) is 30.2 Å². The van der Waals surface area contributed by atoms with E-state index in [1.807, 2.05) is 30.3 Å². The summed E-state index contributed by atoms with van der Waals surface area (Å²) < 4.78 is 32.4. The van der Waals surface area contributed by atoms with Gasteiger partial charge < -0.3 is 51.0 Å². The standard InChI is InChI=1S/C50H60ClFN10O9/c1-69-41-30-40-36(45(57-32-56-40)58-35-13-14-38(52)37(51)28-35)29-42(41)71-25-7-22-62(23-26-70-27-24-62)31-33-9-11-34(12-10-33)59-46(65)39(8-5-20-55-49(53)68)60-48(67)50(17-6-18-50)47(66)54-19-3-2-4-21-61-43(63)15-16-44(61)64/h9-16,28-30,32,39H,2-8,17-27,31H2,1H3,(H6-,53,54,55,56,57,58,59,60,65,66,67,68)/p+1/t39-/m0/s1. The van der Waals surface area contributed by atoms with Gasteiger partial charge in [-0.2, -0.15) is 0 Å². The van der Waals surface area contributed by atoms with Gasteiger partial charge in [0.15, 0.2) is 11.5 Å². The van der Waals surface area contributed by atoms with Crippen molar-refractivity contribution in [3.05, 3.63) is 89.5 Å². The van der Waals surface area contributed by atoms with E-state index in [9.17, 15) is 33.2 Å². The average molecular weight is 1000 g/mol. The number of imide groups is 1. The van der Waals surface area contributed by atoms with E-state index in [0.29, 0.717) is 124 Å². The fraction of sp³-hybridized carbons (Fsp3) is 0.440. The van der Waals surface area contributed by atoms with E-state index in [2.05, 4.69) is 36.6 Å². The Labute approximate surface area is 416 Å². The van der Waals surface area contributed by atoms with Crippen LogP contribution < -0.4 is 41.8 Å². The first-order valence-corrected chi connectivity index (χ1v) is 24.3. The van der Waals surface area contributed by atoms with Crippen LogP contribution in [-0.4, -0.2) is 127 Å². The second kappa shape index (κ2) is 24.3. The number of nitrogens with two attached hydrogens (primary N) is 1. The number of fused-ring (bicyclic) bond motifs is 1. The third-order valence-electron chi connectivity index (χ3n) is 13.2. The maximum Gasteiger partial charge on any atom is 0.312 e. The number of hydrogen-bond acceptors (Lipinski definition) is 12. The van der Waals surface area contributed by atoms with Crippen molar-refractivity contribution in [2.45, 2.75) is 70.4 Å². The number of nitrogens with zero attached hydrogens (tertiary/aromatic N) is 4. The van der Waals surface area contributed by atoms with Crippen molar-refractivity contribution in [1.29, 1.82) is 0 Å². The van der Waals surface area contributed by atoms with Crippen LogP contribution in [0.3, 0.4) is 0 Å². The number of quaternary nitrogens is 1. The highest BCUT2D eigenvalue weighted by Gasteiger charge is 2.51. The van der Waals surface area contributed by atoms with Crippen molar-refractivity contribution < 1.29 is 51.9 Å². The number of carbonyl (C=O) groups excluding carboxylic acids is 6. The largest absolute Gasteiger partial charge is 0.493 e. The van der Waals surface area contributed by atoms with Crippen LogP contribution in [0.1, 0.15) is 63.4 Å². The molecular formula is C50H61ClFN10O9+. The zero-order valence-corrected chi connectivity index (χ0v) is 40.5. The van der Waals surface area contributed by atoms with Crippen molar-refractivity contribution in [2.75, 3.05) is 76.8 Å². The molecular weight excluding hydrogens is 939 g/mol. The summed E-state index contributed by atoms with van der Waals surface area (Å²) in [6, 6.07) is 13.8. The number of amides is 7. The normalized spacial score (nSPS) is 16.2. The lowest BCUT2D eigenvalue weighted by Crippen LogP contribution is -2.58. The lowest BCUT2D eigenvalue weighted by molar-refractivity contribution is -0.947. The molecule has 3 heterocycles. The number of primary amides is 1. The van der Waals surface area contributed by atoms with Gasteiger partial charge in [0.05, 0.1) is 44.0 Å². The first-order chi connectivity index (χ1) is 34.3. The summed E-state index contributed by atoms with van der Waals surface area (Å²) in [7, 11) is 1.57. The van der Waals surface area contributed by atoms with Crippen LogP contribution in [0.2, 0.25) is 5.02 Å². The molecule has 3 aliphatic rings. The fourth-order valence-corrected chi connectivity index (χ4v) is 9.18. The van der Waals surface area contributed by atoms with Gasteiger partial charge in [-0.3, -0.25) is 28.9 Å². The van der Waals surface area contributed by atoms with E-state index < -0.39 is 41.0 Å². The maximum atomic E-state index is 13.9. The summed E-state index contributed by atoms with van der Waals surface area (Å²) in [5.41, 5.74) is 6.69. The molecule has 19 nitrogen and oxygen atoms in total. The monoisotopic (exact) mass is 999 g/mol. The predicted octanol–water partition coefficient (Wildman–Crippen LogP) is 5.24. The molecule has 71 heavy (non-hydrogen) atoms. The zero-order chi connectivity index (χ0) is 50.4. The molecule has 7 rings (SSSR count). The van der Waals surface area contributed by atoms with Crippen LogP contribution in [0, 0.1) is 11.2 Å². The Hall–Kier alpha value is -6.90. The van der Waals surface area contributed by atoms with Crippen LogP contribution in [-0.2, 0) is 35.3 Å². The first-order valence-electron chi connectivity index (χ1n) is 23.9. The minimum absolute atomic E-state index is 0.0170. The number of carbonyl (C=O) groups is 6. The Morgan fingerprint density at radius 2 is 1.62 bits per heavy atom. The highest BCUT2D eigenvalue weighted by atomic mass is 35.5. The highest BCUT2D eigenvalue weighted by molar-refractivity contribution is 6.31. The molecule has 0 radical (unpaired) electrons. The minimum Gasteiger partial charge on any atom is -0.493 e. The number of unbranched alkanes of at least 4 members (excludes halogenated alkanes) is 2. The molecule has 2 aliphatic heterocycles. The number of aromatic nitrogens is 2. The van der Waals surface area contributed by atoms with Crippen molar-refractivity contribution >= 4 is 75.3 Å². The van der Waals surface area contributed by atoms with Gasteiger partial charge in [-0.15, -0.1) is 0 Å². The number of methoxy groups -OCH3 is 1. The van der Waals surface area contributed by atoms with Crippen molar-refractivity contribution in [1.82, 2.24) is 30.8 Å². The fourth-order valence-electron chi connectivity index (χ4n) is 8.99. The Balaban J connectivity index is 0.931. The number of anilines is 3. The molecule has 1 aliphatic carbocycles. The van der Waals surface area contributed by atoms with Crippen molar-refractivity contribution in [2.24, 2.45) is 11.1 Å². The molecule has 1 aromatic heterocycles. The van der Waals surface area contributed by atoms with Gasteiger partial charge >= 0.3 is 6.03 Å². The Morgan fingerprint density at radius 1 is 0.887 bits per heavy atom. The SMILES string of the molecule is COc1cc2ncnc(Nc3ccc(F)c(Cl)c3)c2cc1OCCC[N+]1(Cc2ccc(NC(=O)[C@H](CCCNC(N)=O)NC(=O)C3(C(=O)NCCCCCN4C(=O)C=CC4=O)CCC3)cc2)CCOCC1. The minimum atomic E-state index is -1.32. The van der Waals surface area contributed by atoms with E-state index in [1.165, 1.54) is 35.5 Å². The maximum absolute atomic E-state index is 13.9. The quantitative estimate of drug-likeness (QED) is 0.0216. The molecule has 1 atom stereocenters. The lowest BCUT2D eigenvalue weighted by atomic mass is 9.67. The summed E-state index contributed by atoms with van der Waals surface area (Å²) in [5, 5.41) is 15.0. The second-order valence-electron chi connectivity index (χ2n) is 18.0. The van der Waals surface area contributed by atoms with Crippen LogP contribution >= 0.6 is 11.6 Å². The third-order valence-corrected chi connectivity index (χ3v) is 13.5. The lowest BCUT2D eigenvalue weighted by Gasteiger charge is -2.41. The summed E-state index contributed by atoms with van der Waals surface area (Å²) >= 11 is 6.02. The average Bonchev–Trinajstić information content (AvgIpc) is 3.66. The number of rotatable bonds is 25. The van der Waals surface area contributed by atoms with Gasteiger partial charge in [0.1, 0.15) is 49.1 Å². The third kappa shape index (κ3) is 13.5. The molecule has 2 fully saturated rings. The molecule has 7 amide bonds. The number of urea groups is 1. The molecule has 3 aromatic carbocycles. The summed E-state index contributed by atoms with van der Waals surface area (Å²) in [5.74, 6) is -1.08. The zero-order valence-electron chi connectivity index (χ0n) is 39.7. The summed E-state index contributed by atoms with van der Waals surface area (Å²) in [6.45, 7) is 5.52. The molecule has 7 N–H and O–H groups in total. The van der Waals surface area contributed by atoms with E-state index in [1.54, 1.807) is 19.2 Å². The van der Waals surface area contributed by atoms with Crippen LogP contribution in [0.4, 0.5) is 26.4 Å². The number of nitrogens with one attached hydrogen (secondary N) is 5. The smallest absolute Gasteiger partial charge is 0.312 e. The number of benzene rings is 3. The second-order valence-corrected chi connectivity index (χ2v) is 18.4. The van der Waals surface area contributed by atoms with E-state index in [0.717, 1.165) is 36.1 Å². The Morgan fingerprint density at radius 3 is 2.31 bits per heavy atom. The first kappa shape index (κ1) is 51.9. The van der Waals surface area contributed by atoms with E-state index >= 15 is 0 Å². The van der Waals surface area contributed by atoms with Gasteiger partial charge in [-0.05, 0) is 81.3 Å². The number of morpholine rings is 1.